The molecule has 3 aliphatic carbocycles. The van der Waals surface area contributed by atoms with Gasteiger partial charge >= 0.3 is 0 Å². The number of halogens is 1. The molecule has 2 bridgehead atoms. The quantitative estimate of drug-likeness (QED) is 0.873. The highest BCUT2D eigenvalue weighted by Crippen LogP contribution is 2.53. The Morgan fingerprint density at radius 2 is 1.92 bits per heavy atom. The fourth-order valence-corrected chi connectivity index (χ4v) is 4.75. The Morgan fingerprint density at radius 1 is 1.24 bits per heavy atom. The van der Waals surface area contributed by atoms with Crippen LogP contribution in [0.25, 0.3) is 11.0 Å². The van der Waals surface area contributed by atoms with E-state index in [9.17, 15) is 5.11 Å². The lowest BCUT2D eigenvalue weighted by molar-refractivity contribution is -0.0606. The average molecular weight is 362 g/mol. The number of aliphatic hydroxyl groups is 1. The Kier molecular flexibility index (Phi) is 4.13. The van der Waals surface area contributed by atoms with Crippen LogP contribution < -0.4 is 10.5 Å². The molecule has 2 aromatic rings. The minimum absolute atomic E-state index is 0.00258. The van der Waals surface area contributed by atoms with Crippen molar-refractivity contribution in [2.24, 2.45) is 11.1 Å². The molecule has 25 heavy (non-hydrogen) atoms. The zero-order valence-electron chi connectivity index (χ0n) is 14.5. The maximum absolute atomic E-state index is 11.1. The number of hydrogen-bond donors (Lipinski definition) is 2. The molecular weight excluding hydrogens is 338 g/mol. The summed E-state index contributed by atoms with van der Waals surface area (Å²) in [4.78, 5) is 8.86. The maximum atomic E-state index is 11.1. The van der Waals surface area contributed by atoms with Gasteiger partial charge in [-0.2, -0.15) is 0 Å². The lowest BCUT2D eigenvalue weighted by atomic mass is 9.55. The molecule has 0 saturated heterocycles. The third kappa shape index (κ3) is 2.88. The molecule has 0 aromatic carbocycles. The molecule has 2 heterocycles. The van der Waals surface area contributed by atoms with Crippen LogP contribution in [0, 0.1) is 5.41 Å². The van der Waals surface area contributed by atoms with Gasteiger partial charge in [0.05, 0.1) is 29.3 Å². The summed E-state index contributed by atoms with van der Waals surface area (Å²) in [6.07, 6.45) is 7.64. The van der Waals surface area contributed by atoms with E-state index in [0.29, 0.717) is 22.8 Å². The molecule has 1 unspecified atom stereocenters. The van der Waals surface area contributed by atoms with E-state index in [4.69, 9.17) is 22.1 Å². The van der Waals surface area contributed by atoms with Crippen molar-refractivity contribution < 1.29 is 9.84 Å². The van der Waals surface area contributed by atoms with Gasteiger partial charge in [-0.25, -0.2) is 4.98 Å². The number of pyridine rings is 2. The minimum atomic E-state index is -0.451. The molecule has 0 amide bonds. The van der Waals surface area contributed by atoms with Gasteiger partial charge in [-0.15, -0.1) is 0 Å². The van der Waals surface area contributed by atoms with Crippen LogP contribution in [0.2, 0.25) is 5.02 Å². The molecular formula is C19H24ClN3O2. The van der Waals surface area contributed by atoms with Crippen LogP contribution >= 0.6 is 11.6 Å². The molecule has 6 heteroatoms. The highest BCUT2D eigenvalue weighted by Gasteiger charge is 2.50. The summed E-state index contributed by atoms with van der Waals surface area (Å²) < 4.78 is 5.24. The number of hydrogen-bond acceptors (Lipinski definition) is 5. The lowest BCUT2D eigenvalue weighted by Gasteiger charge is -2.54. The van der Waals surface area contributed by atoms with Crippen molar-refractivity contribution in [2.45, 2.75) is 56.6 Å². The van der Waals surface area contributed by atoms with Crippen LogP contribution in [0.3, 0.4) is 0 Å². The monoisotopic (exact) mass is 361 g/mol. The predicted molar refractivity (Wildman–Crippen MR) is 97.9 cm³/mol. The fourth-order valence-electron chi connectivity index (χ4n) is 4.54. The molecule has 3 fully saturated rings. The molecule has 3 N–H and O–H groups in total. The van der Waals surface area contributed by atoms with Crippen LogP contribution in [0.4, 0.5) is 0 Å². The SMILES string of the molecule is COc1ccc2ncc(Cl)c(CC(O)C34CCC(N)(CC3)CC4)c2n1. The maximum Gasteiger partial charge on any atom is 0.213 e. The molecule has 3 aliphatic rings. The number of ether oxygens (including phenoxy) is 1. The van der Waals surface area contributed by atoms with E-state index in [-0.39, 0.29) is 11.0 Å². The summed E-state index contributed by atoms with van der Waals surface area (Å²) in [7, 11) is 1.59. The lowest BCUT2D eigenvalue weighted by Crippen LogP contribution is -2.55. The zero-order chi connectivity index (χ0) is 17.7. The summed E-state index contributed by atoms with van der Waals surface area (Å²) in [6.45, 7) is 0. The second-order valence-corrected chi connectivity index (χ2v) is 8.16. The molecule has 0 spiro atoms. The normalized spacial score (nSPS) is 29.8. The van der Waals surface area contributed by atoms with E-state index in [1.807, 2.05) is 6.07 Å². The van der Waals surface area contributed by atoms with Crippen LogP contribution in [-0.4, -0.2) is 33.8 Å². The topological polar surface area (TPSA) is 81.3 Å². The highest BCUT2D eigenvalue weighted by molar-refractivity contribution is 6.32. The summed E-state index contributed by atoms with van der Waals surface area (Å²) in [5.74, 6) is 0.522. The summed E-state index contributed by atoms with van der Waals surface area (Å²) in [5.41, 5.74) is 8.68. The third-order valence-electron chi connectivity index (χ3n) is 6.42. The third-order valence-corrected chi connectivity index (χ3v) is 6.74. The number of nitrogens with two attached hydrogens (primary N) is 1. The molecule has 5 rings (SSSR count). The first-order chi connectivity index (χ1) is 11.9. The van der Waals surface area contributed by atoms with Crippen molar-refractivity contribution in [2.75, 3.05) is 7.11 Å². The first-order valence-corrected chi connectivity index (χ1v) is 9.28. The Balaban J connectivity index is 1.67. The minimum Gasteiger partial charge on any atom is -0.481 e. The van der Waals surface area contributed by atoms with Gasteiger partial charge in [0.25, 0.3) is 0 Å². The summed E-state index contributed by atoms with van der Waals surface area (Å²) in [6, 6.07) is 3.65. The standard InChI is InChI=1S/C19H24ClN3O2/c1-25-16-3-2-14-17(23-16)12(13(20)11-22-14)10-15(24)18-4-7-19(21,8-5-18)9-6-18/h2-3,11,15,24H,4-10,21H2,1H3. The number of aliphatic hydroxyl groups excluding tert-OH is 1. The average Bonchev–Trinajstić information content (AvgIpc) is 2.64. The van der Waals surface area contributed by atoms with Gasteiger partial charge in [-0.3, -0.25) is 4.98 Å². The Bertz CT molecular complexity index is 786. The Morgan fingerprint density at radius 3 is 2.56 bits per heavy atom. The number of rotatable bonds is 4. The first-order valence-electron chi connectivity index (χ1n) is 8.90. The van der Waals surface area contributed by atoms with E-state index in [1.165, 1.54) is 0 Å². The van der Waals surface area contributed by atoms with Crippen molar-refractivity contribution in [1.82, 2.24) is 9.97 Å². The van der Waals surface area contributed by atoms with Gasteiger partial charge in [-0.05, 0) is 50.0 Å². The molecule has 0 radical (unpaired) electrons. The Labute approximate surface area is 152 Å². The predicted octanol–water partition coefficient (Wildman–Crippen LogP) is 3.25. The number of aromatic nitrogens is 2. The zero-order valence-corrected chi connectivity index (χ0v) is 15.2. The van der Waals surface area contributed by atoms with Crippen molar-refractivity contribution in [1.29, 1.82) is 0 Å². The number of nitrogens with zero attached hydrogens (tertiary/aromatic N) is 2. The van der Waals surface area contributed by atoms with E-state index in [1.54, 1.807) is 19.4 Å². The van der Waals surface area contributed by atoms with Crippen LogP contribution in [0.5, 0.6) is 5.88 Å². The van der Waals surface area contributed by atoms with E-state index in [2.05, 4.69) is 9.97 Å². The highest BCUT2D eigenvalue weighted by atomic mass is 35.5. The number of fused-ring (bicyclic) bond motifs is 4. The summed E-state index contributed by atoms with van der Waals surface area (Å²) in [5, 5.41) is 11.7. The van der Waals surface area contributed by atoms with E-state index < -0.39 is 6.10 Å². The van der Waals surface area contributed by atoms with Gasteiger partial charge in [0.15, 0.2) is 0 Å². The first kappa shape index (κ1) is 17.0. The van der Waals surface area contributed by atoms with Crippen molar-refractivity contribution in [3.05, 3.63) is 28.9 Å². The van der Waals surface area contributed by atoms with Gasteiger partial charge in [-0.1, -0.05) is 11.6 Å². The van der Waals surface area contributed by atoms with Gasteiger partial charge in [0, 0.05) is 29.8 Å². The molecule has 1 atom stereocenters. The van der Waals surface area contributed by atoms with Crippen LogP contribution in [0.15, 0.2) is 18.3 Å². The second kappa shape index (κ2) is 6.08. The Hall–Kier alpha value is -1.43. The smallest absolute Gasteiger partial charge is 0.213 e. The second-order valence-electron chi connectivity index (χ2n) is 7.75. The van der Waals surface area contributed by atoms with Crippen LogP contribution in [-0.2, 0) is 6.42 Å². The van der Waals surface area contributed by atoms with Gasteiger partial charge in [0.2, 0.25) is 5.88 Å². The van der Waals surface area contributed by atoms with Crippen molar-refractivity contribution in [3.63, 3.8) is 0 Å². The molecule has 3 saturated carbocycles. The summed E-state index contributed by atoms with van der Waals surface area (Å²) >= 11 is 6.43. The molecule has 0 aliphatic heterocycles. The molecule has 134 valence electrons. The largest absolute Gasteiger partial charge is 0.481 e. The van der Waals surface area contributed by atoms with Crippen molar-refractivity contribution in [3.8, 4) is 5.88 Å². The van der Waals surface area contributed by atoms with Crippen molar-refractivity contribution >= 4 is 22.6 Å². The fraction of sp³-hybridized carbons (Fsp3) is 0.579. The van der Waals surface area contributed by atoms with Gasteiger partial charge in [0.1, 0.15) is 0 Å². The van der Waals surface area contributed by atoms with Gasteiger partial charge < -0.3 is 15.6 Å². The molecule has 2 aromatic heterocycles. The van der Waals surface area contributed by atoms with E-state index >= 15 is 0 Å². The molecule has 5 nitrogen and oxygen atoms in total. The van der Waals surface area contributed by atoms with E-state index in [0.717, 1.165) is 49.6 Å². The van der Waals surface area contributed by atoms with Crippen LogP contribution in [0.1, 0.15) is 44.1 Å². The number of methoxy groups -OCH3 is 1.